The number of nitrogens with zero attached hydrogens (tertiary/aromatic N) is 1. The van der Waals surface area contributed by atoms with Crippen molar-refractivity contribution in [1.82, 2.24) is 0 Å². The van der Waals surface area contributed by atoms with Gasteiger partial charge in [0.2, 0.25) is 0 Å². The lowest BCUT2D eigenvalue weighted by atomic mass is 9.92. The Bertz CT molecular complexity index is 405. The van der Waals surface area contributed by atoms with E-state index >= 15 is 0 Å². The summed E-state index contributed by atoms with van der Waals surface area (Å²) < 4.78 is 0. The number of piperidine rings is 1. The van der Waals surface area contributed by atoms with Crippen LogP contribution in [0.1, 0.15) is 38.2 Å². The third-order valence-electron chi connectivity index (χ3n) is 4.09. The zero-order chi connectivity index (χ0) is 13.7. The zero-order valence-corrected chi connectivity index (χ0v) is 11.6. The first-order valence-electron chi connectivity index (χ1n) is 7.24. The lowest BCUT2D eigenvalue weighted by Crippen LogP contribution is -2.33. The molecular formula is C16H23NO2. The Balaban J connectivity index is 1.83. The van der Waals surface area contributed by atoms with Gasteiger partial charge in [-0.2, -0.15) is 0 Å². The van der Waals surface area contributed by atoms with Crippen molar-refractivity contribution >= 4 is 11.7 Å². The summed E-state index contributed by atoms with van der Waals surface area (Å²) >= 11 is 0. The smallest absolute Gasteiger partial charge is 0.303 e. The largest absolute Gasteiger partial charge is 0.481 e. The third kappa shape index (κ3) is 3.98. The molecule has 0 radical (unpaired) electrons. The highest BCUT2D eigenvalue weighted by atomic mass is 16.4. The lowest BCUT2D eigenvalue weighted by molar-refractivity contribution is -0.137. The van der Waals surface area contributed by atoms with Crippen LogP contribution in [0.25, 0.3) is 0 Å². The summed E-state index contributed by atoms with van der Waals surface area (Å²) in [7, 11) is 0. The molecule has 1 saturated heterocycles. The number of anilines is 1. The predicted octanol–water partition coefficient (Wildman–Crippen LogP) is 3.33. The molecule has 0 saturated carbocycles. The van der Waals surface area contributed by atoms with Crippen LogP contribution in [0.5, 0.6) is 0 Å². The predicted molar refractivity (Wildman–Crippen MR) is 77.6 cm³/mol. The van der Waals surface area contributed by atoms with Crippen molar-refractivity contribution in [2.24, 2.45) is 5.92 Å². The number of carboxylic acid groups (broad SMARTS) is 1. The minimum Gasteiger partial charge on any atom is -0.481 e. The molecule has 1 heterocycles. The molecule has 0 aliphatic carbocycles. The molecule has 1 fully saturated rings. The number of benzene rings is 1. The van der Waals surface area contributed by atoms with E-state index < -0.39 is 5.97 Å². The number of rotatable bonds is 5. The van der Waals surface area contributed by atoms with Crippen molar-refractivity contribution in [3.63, 3.8) is 0 Å². The van der Waals surface area contributed by atoms with Gasteiger partial charge >= 0.3 is 5.97 Å². The quantitative estimate of drug-likeness (QED) is 0.883. The first-order valence-corrected chi connectivity index (χ1v) is 7.24. The standard InChI is InChI=1S/C16H23NO2/c1-2-13-3-6-15(7-4-13)17-11-9-14(10-12-17)5-8-16(18)19/h3-4,6-7,14H,2,5,8-12H2,1H3,(H,18,19). The molecule has 3 heteroatoms. The molecule has 1 aliphatic rings. The summed E-state index contributed by atoms with van der Waals surface area (Å²) in [5.41, 5.74) is 2.67. The average Bonchev–Trinajstić information content (AvgIpc) is 2.46. The maximum absolute atomic E-state index is 10.6. The Kier molecular flexibility index (Phi) is 4.83. The van der Waals surface area contributed by atoms with Crippen molar-refractivity contribution in [2.75, 3.05) is 18.0 Å². The van der Waals surface area contributed by atoms with E-state index in [4.69, 9.17) is 5.11 Å². The third-order valence-corrected chi connectivity index (χ3v) is 4.09. The Morgan fingerprint density at radius 2 is 1.89 bits per heavy atom. The Morgan fingerprint density at radius 1 is 1.26 bits per heavy atom. The van der Waals surface area contributed by atoms with Gasteiger partial charge in [-0.05, 0) is 49.3 Å². The number of aryl methyl sites for hydroxylation is 1. The maximum Gasteiger partial charge on any atom is 0.303 e. The van der Waals surface area contributed by atoms with Crippen molar-refractivity contribution in [3.8, 4) is 0 Å². The van der Waals surface area contributed by atoms with Gasteiger partial charge in [0.15, 0.2) is 0 Å². The number of hydrogen-bond donors (Lipinski definition) is 1. The fourth-order valence-corrected chi connectivity index (χ4v) is 2.75. The van der Waals surface area contributed by atoms with Crippen LogP contribution in [0.4, 0.5) is 5.69 Å². The van der Waals surface area contributed by atoms with Crippen LogP contribution in [-0.2, 0) is 11.2 Å². The molecule has 1 N–H and O–H groups in total. The second-order valence-corrected chi connectivity index (χ2v) is 5.38. The number of carboxylic acids is 1. The zero-order valence-electron chi connectivity index (χ0n) is 11.6. The fourth-order valence-electron chi connectivity index (χ4n) is 2.75. The summed E-state index contributed by atoms with van der Waals surface area (Å²) in [5, 5.41) is 8.71. The summed E-state index contributed by atoms with van der Waals surface area (Å²) in [6.45, 7) is 4.27. The van der Waals surface area contributed by atoms with Crippen LogP contribution < -0.4 is 4.90 Å². The molecule has 1 aliphatic heterocycles. The highest BCUT2D eigenvalue weighted by Gasteiger charge is 2.19. The molecule has 0 amide bonds. The topological polar surface area (TPSA) is 40.5 Å². The minimum atomic E-state index is -0.669. The first kappa shape index (κ1) is 13.9. The Morgan fingerprint density at radius 3 is 2.42 bits per heavy atom. The van der Waals surface area contributed by atoms with Gasteiger partial charge in [0.05, 0.1) is 0 Å². The molecule has 0 aromatic heterocycles. The second-order valence-electron chi connectivity index (χ2n) is 5.38. The van der Waals surface area contributed by atoms with Gasteiger partial charge in [-0.1, -0.05) is 19.1 Å². The van der Waals surface area contributed by atoms with Crippen molar-refractivity contribution in [2.45, 2.75) is 39.0 Å². The van der Waals surface area contributed by atoms with Crippen LogP contribution in [-0.4, -0.2) is 24.2 Å². The molecule has 1 aromatic carbocycles. The second kappa shape index (κ2) is 6.60. The van der Waals surface area contributed by atoms with Crippen LogP contribution >= 0.6 is 0 Å². The summed E-state index contributed by atoms with van der Waals surface area (Å²) in [4.78, 5) is 13.0. The Labute approximate surface area is 115 Å². The van der Waals surface area contributed by atoms with Gasteiger partial charge in [0.1, 0.15) is 0 Å². The van der Waals surface area contributed by atoms with Crippen LogP contribution in [0.15, 0.2) is 24.3 Å². The van der Waals surface area contributed by atoms with Crippen molar-refractivity contribution < 1.29 is 9.90 Å². The van der Waals surface area contributed by atoms with E-state index in [0.717, 1.165) is 38.8 Å². The van der Waals surface area contributed by atoms with Crippen LogP contribution in [0.3, 0.4) is 0 Å². The summed E-state index contributed by atoms with van der Waals surface area (Å²) in [5.74, 6) is -0.0835. The van der Waals surface area contributed by atoms with E-state index in [0.29, 0.717) is 12.3 Å². The van der Waals surface area contributed by atoms with E-state index in [1.165, 1.54) is 11.3 Å². The number of aliphatic carboxylic acids is 1. The number of carbonyl (C=O) groups is 1. The highest BCUT2D eigenvalue weighted by Crippen LogP contribution is 2.26. The van der Waals surface area contributed by atoms with Gasteiger partial charge in [0, 0.05) is 25.2 Å². The van der Waals surface area contributed by atoms with Crippen LogP contribution in [0, 0.1) is 5.92 Å². The van der Waals surface area contributed by atoms with Gasteiger partial charge < -0.3 is 10.0 Å². The van der Waals surface area contributed by atoms with Gasteiger partial charge in [-0.3, -0.25) is 4.79 Å². The van der Waals surface area contributed by atoms with E-state index in [-0.39, 0.29) is 0 Å². The van der Waals surface area contributed by atoms with Gasteiger partial charge in [-0.15, -0.1) is 0 Å². The number of hydrogen-bond acceptors (Lipinski definition) is 2. The molecule has 0 unspecified atom stereocenters. The van der Waals surface area contributed by atoms with E-state index in [2.05, 4.69) is 36.1 Å². The maximum atomic E-state index is 10.6. The average molecular weight is 261 g/mol. The lowest BCUT2D eigenvalue weighted by Gasteiger charge is -2.33. The van der Waals surface area contributed by atoms with Gasteiger partial charge in [-0.25, -0.2) is 0 Å². The highest BCUT2D eigenvalue weighted by molar-refractivity contribution is 5.66. The molecule has 1 aromatic rings. The molecule has 0 bridgehead atoms. The molecule has 2 rings (SSSR count). The fraction of sp³-hybridized carbons (Fsp3) is 0.562. The van der Waals surface area contributed by atoms with E-state index in [1.807, 2.05) is 0 Å². The molecular weight excluding hydrogens is 238 g/mol. The molecule has 0 atom stereocenters. The normalized spacial score (nSPS) is 16.6. The van der Waals surface area contributed by atoms with E-state index in [1.54, 1.807) is 0 Å². The van der Waals surface area contributed by atoms with Crippen LogP contribution in [0.2, 0.25) is 0 Å². The Hall–Kier alpha value is -1.51. The first-order chi connectivity index (χ1) is 9.19. The minimum absolute atomic E-state index is 0.315. The monoisotopic (exact) mass is 261 g/mol. The van der Waals surface area contributed by atoms with Gasteiger partial charge in [0.25, 0.3) is 0 Å². The molecule has 19 heavy (non-hydrogen) atoms. The molecule has 3 nitrogen and oxygen atoms in total. The van der Waals surface area contributed by atoms with E-state index in [9.17, 15) is 4.79 Å². The summed E-state index contributed by atoms with van der Waals surface area (Å²) in [6, 6.07) is 8.81. The SMILES string of the molecule is CCc1ccc(N2CCC(CCC(=O)O)CC2)cc1. The van der Waals surface area contributed by atoms with Crippen molar-refractivity contribution in [3.05, 3.63) is 29.8 Å². The molecule has 0 spiro atoms. The molecule has 104 valence electrons. The summed E-state index contributed by atoms with van der Waals surface area (Å²) in [6.07, 6.45) is 4.46. The van der Waals surface area contributed by atoms with Crippen molar-refractivity contribution in [1.29, 1.82) is 0 Å².